The average molecular weight is 486 g/mol. The number of rotatable bonds is 1. The summed E-state index contributed by atoms with van der Waals surface area (Å²) >= 11 is 0. The van der Waals surface area contributed by atoms with Crippen LogP contribution in [-0.4, -0.2) is 30.1 Å². The highest BCUT2D eigenvalue weighted by atomic mass is 15.4. The third kappa shape index (κ3) is 1.85. The van der Waals surface area contributed by atoms with Gasteiger partial charge in [0.1, 0.15) is 0 Å². The summed E-state index contributed by atoms with van der Waals surface area (Å²) in [7, 11) is 0. The van der Waals surface area contributed by atoms with Gasteiger partial charge in [-0.2, -0.15) is 0 Å². The third-order valence-corrected chi connectivity index (χ3v) is 8.89. The lowest BCUT2D eigenvalue weighted by Crippen LogP contribution is -2.81. The predicted octanol–water partition coefficient (Wildman–Crippen LogP) is 5.67. The van der Waals surface area contributed by atoms with Crippen LogP contribution in [-0.2, 0) is 0 Å². The van der Waals surface area contributed by atoms with Crippen LogP contribution in [0.5, 0.6) is 0 Å². The molecule has 0 unspecified atom stereocenters. The molecule has 0 radical (unpaired) electrons. The number of hydrogen-bond acceptors (Lipinski definition) is 2. The summed E-state index contributed by atoms with van der Waals surface area (Å²) in [5, 5.41) is 5.01. The molecule has 0 atom stereocenters. The van der Waals surface area contributed by atoms with Crippen LogP contribution in [0, 0.1) is 0 Å². The molecule has 0 bridgehead atoms. The van der Waals surface area contributed by atoms with Crippen LogP contribution in [0.4, 0.5) is 0 Å². The predicted molar refractivity (Wildman–Crippen MR) is 151 cm³/mol. The zero-order valence-corrected chi connectivity index (χ0v) is 20.2. The third-order valence-electron chi connectivity index (χ3n) is 8.89. The van der Waals surface area contributed by atoms with Gasteiger partial charge in [0.15, 0.2) is 11.4 Å². The van der Waals surface area contributed by atoms with Gasteiger partial charge in [-0.05, 0) is 30.5 Å². The summed E-state index contributed by atoms with van der Waals surface area (Å²) < 4.78 is 10.0. The zero-order chi connectivity index (χ0) is 24.6. The van der Waals surface area contributed by atoms with Crippen molar-refractivity contribution in [3.63, 3.8) is 0 Å². The first-order valence-corrected chi connectivity index (χ1v) is 13.0. The molecule has 0 fully saturated rings. The van der Waals surface area contributed by atoms with Gasteiger partial charge in [-0.15, -0.1) is 0 Å². The SMILES string of the molecule is c1ccc2c(c1)c1cccc3c1n2[B-]1(n2ccnc2)n2c4ccccc4c4cccc(c42)-c2cncc-3[n+]21. The Morgan fingerprint density at radius 2 is 1.13 bits per heavy atom. The molecule has 0 saturated carbocycles. The van der Waals surface area contributed by atoms with E-state index in [-0.39, 0.29) is 0 Å². The van der Waals surface area contributed by atoms with Crippen molar-refractivity contribution >= 4 is 50.3 Å². The van der Waals surface area contributed by atoms with Gasteiger partial charge >= 0.3 is 6.69 Å². The minimum absolute atomic E-state index is 1.11. The Balaban J connectivity index is 1.62. The number of aromatic nitrogens is 6. The molecule has 10 rings (SSSR count). The van der Waals surface area contributed by atoms with Crippen LogP contribution in [0.2, 0.25) is 0 Å². The van der Waals surface area contributed by atoms with E-state index in [0.717, 1.165) is 11.4 Å². The molecular weight excluding hydrogens is 467 g/mol. The van der Waals surface area contributed by atoms with Crippen molar-refractivity contribution in [1.29, 1.82) is 0 Å². The molecule has 0 N–H and O–H groups in total. The summed E-state index contributed by atoms with van der Waals surface area (Å²) in [6.45, 7) is -1.87. The van der Waals surface area contributed by atoms with E-state index >= 15 is 0 Å². The molecule has 0 aliphatic carbocycles. The van der Waals surface area contributed by atoms with Crippen molar-refractivity contribution in [1.82, 2.24) is 23.4 Å². The quantitative estimate of drug-likeness (QED) is 0.281. The molecule has 4 aromatic heterocycles. The second kappa shape index (κ2) is 6.21. The monoisotopic (exact) mass is 486 g/mol. The fourth-order valence-corrected chi connectivity index (χ4v) is 7.66. The maximum Gasteiger partial charge on any atom is 0.599 e. The van der Waals surface area contributed by atoms with E-state index in [1.165, 1.54) is 54.7 Å². The van der Waals surface area contributed by atoms with Crippen molar-refractivity contribution in [2.75, 3.05) is 0 Å². The first kappa shape index (κ1) is 19.0. The highest BCUT2D eigenvalue weighted by molar-refractivity contribution is 6.72. The average Bonchev–Trinajstić information content (AvgIpc) is 3.71. The maximum absolute atomic E-state index is 4.82. The normalized spacial score (nSPS) is 14.5. The highest BCUT2D eigenvalue weighted by Gasteiger charge is 2.56. The van der Waals surface area contributed by atoms with E-state index in [1.807, 2.05) is 24.9 Å². The molecule has 7 heteroatoms. The van der Waals surface area contributed by atoms with Gasteiger partial charge in [-0.3, -0.25) is 4.98 Å². The van der Waals surface area contributed by atoms with Crippen LogP contribution in [0.3, 0.4) is 0 Å². The molecule has 0 spiro atoms. The second-order valence-corrected chi connectivity index (χ2v) is 10.4. The molecule has 0 amide bonds. The van der Waals surface area contributed by atoms with Crippen molar-refractivity contribution in [2.45, 2.75) is 0 Å². The number of fused-ring (bicyclic) bond motifs is 10. The van der Waals surface area contributed by atoms with Crippen LogP contribution in [0.15, 0.2) is 116 Å². The molecule has 38 heavy (non-hydrogen) atoms. The summed E-state index contributed by atoms with van der Waals surface area (Å²) in [5.41, 5.74) is 9.47. The lowest BCUT2D eigenvalue weighted by Gasteiger charge is -2.46. The Labute approximate surface area is 216 Å². The van der Waals surface area contributed by atoms with Crippen LogP contribution in [0.1, 0.15) is 0 Å². The van der Waals surface area contributed by atoms with Crippen molar-refractivity contribution in [3.8, 4) is 22.5 Å². The lowest BCUT2D eigenvalue weighted by atomic mass is 9.66. The Hall–Kier alpha value is -5.17. The molecule has 0 saturated heterocycles. The summed E-state index contributed by atoms with van der Waals surface area (Å²) in [5.74, 6) is 0. The van der Waals surface area contributed by atoms with Gasteiger partial charge < -0.3 is 17.9 Å². The van der Waals surface area contributed by atoms with Gasteiger partial charge in [0.25, 0.3) is 0 Å². The van der Waals surface area contributed by atoms with E-state index in [1.54, 1.807) is 0 Å². The zero-order valence-electron chi connectivity index (χ0n) is 20.2. The summed E-state index contributed by atoms with van der Waals surface area (Å²) in [6.07, 6.45) is 10.0. The minimum atomic E-state index is -1.87. The largest absolute Gasteiger partial charge is 0.599 e. The number of hydrogen-bond donors (Lipinski definition) is 0. The van der Waals surface area contributed by atoms with Gasteiger partial charge in [0.05, 0.1) is 29.8 Å². The Kier molecular flexibility index (Phi) is 3.11. The Morgan fingerprint density at radius 3 is 1.68 bits per heavy atom. The highest BCUT2D eigenvalue weighted by Crippen LogP contribution is 2.46. The number of benzene rings is 4. The van der Waals surface area contributed by atoms with E-state index < -0.39 is 6.69 Å². The lowest BCUT2D eigenvalue weighted by molar-refractivity contribution is -0.533. The summed E-state index contributed by atoms with van der Waals surface area (Å²) in [4.78, 5) is 9.43. The van der Waals surface area contributed by atoms with Crippen LogP contribution >= 0.6 is 0 Å². The Bertz CT molecular complexity index is 2170. The molecule has 176 valence electrons. The molecule has 6 nitrogen and oxygen atoms in total. The molecular formula is C31H19BN6. The maximum atomic E-state index is 4.82. The van der Waals surface area contributed by atoms with E-state index in [9.17, 15) is 0 Å². The van der Waals surface area contributed by atoms with E-state index in [0.29, 0.717) is 0 Å². The van der Waals surface area contributed by atoms with E-state index in [2.05, 4.69) is 114 Å². The molecule has 2 aliphatic rings. The Morgan fingerprint density at radius 1 is 0.579 bits per heavy atom. The fraction of sp³-hybridized carbons (Fsp3) is 0. The number of para-hydroxylation sites is 4. The van der Waals surface area contributed by atoms with Crippen molar-refractivity contribution < 1.29 is 4.48 Å². The first-order chi connectivity index (χ1) is 18.9. The second-order valence-electron chi connectivity index (χ2n) is 10.4. The molecule has 4 aromatic carbocycles. The van der Waals surface area contributed by atoms with Crippen molar-refractivity contribution in [2.24, 2.45) is 0 Å². The van der Waals surface area contributed by atoms with Gasteiger partial charge in [-0.25, -0.2) is 4.98 Å². The smallest absolute Gasteiger partial charge is 0.411 e. The standard InChI is InChI=1S/C31H19BN6/c1-3-13-26-20(7-1)22-9-5-11-24-28-17-34-18-29-25-12-6-10-23-21-8-2-4-14-27(21)38(31(23)25)32(36(28)29,37(26)30(22)24)35-16-15-33-19-35/h1-19H. The minimum Gasteiger partial charge on any atom is -0.411 e. The molecule has 2 aliphatic heterocycles. The van der Waals surface area contributed by atoms with Gasteiger partial charge in [0, 0.05) is 49.8 Å². The van der Waals surface area contributed by atoms with Gasteiger partial charge in [-0.1, -0.05) is 60.7 Å². The van der Waals surface area contributed by atoms with Crippen LogP contribution < -0.4 is 4.48 Å². The van der Waals surface area contributed by atoms with Crippen LogP contribution in [0.25, 0.3) is 66.1 Å². The number of nitrogens with zero attached hydrogens (tertiary/aromatic N) is 6. The molecule has 8 aromatic rings. The summed E-state index contributed by atoms with van der Waals surface area (Å²) in [6, 6.07) is 30.9. The van der Waals surface area contributed by atoms with E-state index in [4.69, 9.17) is 4.98 Å². The first-order valence-electron chi connectivity index (χ1n) is 13.0. The van der Waals surface area contributed by atoms with Gasteiger partial charge in [0.2, 0.25) is 0 Å². The topological polar surface area (TPSA) is 44.5 Å². The van der Waals surface area contributed by atoms with Crippen molar-refractivity contribution in [3.05, 3.63) is 116 Å². The molecule has 6 heterocycles. The fourth-order valence-electron chi connectivity index (χ4n) is 7.66. The number of imidazole rings is 1.